The number of aliphatic hydroxyl groups is 1. The zero-order chi connectivity index (χ0) is 12.6. The van der Waals surface area contributed by atoms with Crippen LogP contribution in [0.15, 0.2) is 24.3 Å². The van der Waals surface area contributed by atoms with Crippen LogP contribution in [0.4, 0.5) is 0 Å². The van der Waals surface area contributed by atoms with E-state index >= 15 is 0 Å². The van der Waals surface area contributed by atoms with Crippen molar-refractivity contribution in [2.75, 3.05) is 6.61 Å². The normalized spacial score (nSPS) is 30.1. The lowest BCUT2D eigenvalue weighted by molar-refractivity contribution is -0.172. The minimum absolute atomic E-state index is 0.0113. The van der Waals surface area contributed by atoms with Crippen LogP contribution in [0, 0.1) is 3.57 Å². The van der Waals surface area contributed by atoms with Crippen molar-refractivity contribution in [1.29, 1.82) is 0 Å². The highest BCUT2D eigenvalue weighted by atomic mass is 127. The second-order valence-corrected chi connectivity index (χ2v) is 6.18. The first kappa shape index (κ1) is 12.8. The second-order valence-electron chi connectivity index (χ2n) is 5.02. The van der Waals surface area contributed by atoms with Crippen LogP contribution in [0.1, 0.15) is 37.4 Å². The predicted molar refractivity (Wildman–Crippen MR) is 76.1 cm³/mol. The Morgan fingerprint density at radius 3 is 2.61 bits per heavy atom. The number of rotatable bonds is 2. The number of aliphatic hydroxyl groups excluding tert-OH is 1. The molecule has 2 fully saturated rings. The zero-order valence-electron chi connectivity index (χ0n) is 10.1. The second kappa shape index (κ2) is 5.07. The van der Waals surface area contributed by atoms with Crippen LogP contribution in [-0.2, 0) is 9.47 Å². The molecule has 1 aromatic rings. The molecule has 0 bridgehead atoms. The van der Waals surface area contributed by atoms with E-state index in [2.05, 4.69) is 34.7 Å². The van der Waals surface area contributed by atoms with Gasteiger partial charge in [0.2, 0.25) is 0 Å². The summed E-state index contributed by atoms with van der Waals surface area (Å²) in [6.07, 6.45) is 3.82. The quantitative estimate of drug-likeness (QED) is 0.825. The van der Waals surface area contributed by atoms with Gasteiger partial charge in [0.05, 0.1) is 6.61 Å². The number of hydrogen-bond acceptors (Lipinski definition) is 3. The van der Waals surface area contributed by atoms with E-state index in [0.717, 1.165) is 34.8 Å². The molecule has 2 aliphatic rings. The summed E-state index contributed by atoms with van der Waals surface area (Å²) in [6.45, 7) is 0.0113. The molecule has 1 aliphatic heterocycles. The topological polar surface area (TPSA) is 38.7 Å². The molecule has 1 saturated carbocycles. The van der Waals surface area contributed by atoms with Crippen molar-refractivity contribution in [2.24, 2.45) is 0 Å². The number of ether oxygens (including phenoxy) is 2. The van der Waals surface area contributed by atoms with Gasteiger partial charge in [-0.05, 0) is 47.1 Å². The Labute approximate surface area is 121 Å². The molecule has 4 heteroatoms. The van der Waals surface area contributed by atoms with Crippen molar-refractivity contribution in [3.63, 3.8) is 0 Å². The third kappa shape index (κ3) is 2.19. The third-order valence-electron chi connectivity index (χ3n) is 3.80. The lowest BCUT2D eigenvalue weighted by Crippen LogP contribution is -2.27. The first-order valence-electron chi connectivity index (χ1n) is 6.45. The summed E-state index contributed by atoms with van der Waals surface area (Å²) in [5.41, 5.74) is 1.13. The molecular formula is C14H17IO3. The van der Waals surface area contributed by atoms with Crippen LogP contribution in [0.5, 0.6) is 0 Å². The van der Waals surface area contributed by atoms with Crippen molar-refractivity contribution in [3.05, 3.63) is 33.4 Å². The van der Waals surface area contributed by atoms with Crippen LogP contribution in [0.25, 0.3) is 0 Å². The van der Waals surface area contributed by atoms with Gasteiger partial charge in [0, 0.05) is 16.4 Å². The maximum Gasteiger partial charge on any atom is 0.169 e. The van der Waals surface area contributed by atoms with E-state index in [0.29, 0.717) is 0 Å². The summed E-state index contributed by atoms with van der Waals surface area (Å²) in [6, 6.07) is 8.15. The monoisotopic (exact) mass is 360 g/mol. The van der Waals surface area contributed by atoms with Crippen LogP contribution in [-0.4, -0.2) is 23.6 Å². The van der Waals surface area contributed by atoms with Crippen LogP contribution >= 0.6 is 22.6 Å². The predicted octanol–water partition coefficient (Wildman–Crippen LogP) is 3.01. The molecule has 0 radical (unpaired) electrons. The molecule has 3 rings (SSSR count). The highest BCUT2D eigenvalue weighted by Crippen LogP contribution is 2.47. The molecule has 1 spiro atoms. The maximum atomic E-state index is 9.52. The average Bonchev–Trinajstić information content (AvgIpc) is 2.98. The van der Waals surface area contributed by atoms with E-state index in [9.17, 15) is 5.11 Å². The summed E-state index contributed by atoms with van der Waals surface area (Å²) in [5.74, 6) is -0.434. The lowest BCUT2D eigenvalue weighted by atomic mass is 10.1. The molecule has 1 saturated heterocycles. The molecule has 0 amide bonds. The smallest absolute Gasteiger partial charge is 0.169 e. The fourth-order valence-corrected chi connectivity index (χ4v) is 3.62. The van der Waals surface area contributed by atoms with Gasteiger partial charge in [-0.3, -0.25) is 0 Å². The van der Waals surface area contributed by atoms with Crippen molar-refractivity contribution >= 4 is 22.6 Å². The Hall–Kier alpha value is -0.170. The van der Waals surface area contributed by atoms with Crippen molar-refractivity contribution in [2.45, 2.75) is 43.7 Å². The largest absolute Gasteiger partial charge is 0.394 e. The third-order valence-corrected chi connectivity index (χ3v) is 4.79. The number of halogens is 1. The summed E-state index contributed by atoms with van der Waals surface area (Å²) >= 11 is 2.31. The standard InChI is InChI=1S/C14H17IO3/c15-11-6-2-1-5-10(11)13-12(9-16)17-14(18-13)7-3-4-8-14/h1-2,5-6,12-13,16H,3-4,7-9H2/t12-,13?/m0/s1. The summed E-state index contributed by atoms with van der Waals surface area (Å²) < 4.78 is 13.4. The zero-order valence-corrected chi connectivity index (χ0v) is 12.3. The van der Waals surface area contributed by atoms with Gasteiger partial charge < -0.3 is 14.6 Å². The van der Waals surface area contributed by atoms with Crippen molar-refractivity contribution < 1.29 is 14.6 Å². The van der Waals surface area contributed by atoms with Gasteiger partial charge >= 0.3 is 0 Å². The number of benzene rings is 1. The lowest BCUT2D eigenvalue weighted by Gasteiger charge is -2.22. The van der Waals surface area contributed by atoms with E-state index < -0.39 is 5.79 Å². The van der Waals surface area contributed by atoms with Gasteiger partial charge in [0.25, 0.3) is 0 Å². The van der Waals surface area contributed by atoms with Crippen LogP contribution in [0.2, 0.25) is 0 Å². The van der Waals surface area contributed by atoms with E-state index in [1.165, 1.54) is 0 Å². The maximum absolute atomic E-state index is 9.52. The highest BCUT2D eigenvalue weighted by molar-refractivity contribution is 14.1. The molecule has 98 valence electrons. The Morgan fingerprint density at radius 2 is 1.94 bits per heavy atom. The van der Waals surface area contributed by atoms with E-state index in [1.807, 2.05) is 12.1 Å². The molecule has 1 unspecified atom stereocenters. The molecule has 3 nitrogen and oxygen atoms in total. The highest BCUT2D eigenvalue weighted by Gasteiger charge is 2.49. The van der Waals surface area contributed by atoms with Crippen molar-refractivity contribution in [3.8, 4) is 0 Å². The van der Waals surface area contributed by atoms with E-state index in [1.54, 1.807) is 0 Å². The van der Waals surface area contributed by atoms with Gasteiger partial charge in [-0.15, -0.1) is 0 Å². The fraction of sp³-hybridized carbons (Fsp3) is 0.571. The van der Waals surface area contributed by atoms with E-state index in [-0.39, 0.29) is 18.8 Å². The first-order valence-corrected chi connectivity index (χ1v) is 7.53. The summed E-state index contributed by atoms with van der Waals surface area (Å²) in [4.78, 5) is 0. The minimum atomic E-state index is -0.434. The first-order chi connectivity index (χ1) is 8.74. The Balaban J connectivity index is 1.89. The van der Waals surface area contributed by atoms with Gasteiger partial charge in [-0.25, -0.2) is 0 Å². The average molecular weight is 360 g/mol. The van der Waals surface area contributed by atoms with Crippen LogP contribution in [0.3, 0.4) is 0 Å². The summed E-state index contributed by atoms with van der Waals surface area (Å²) in [5, 5.41) is 9.52. The summed E-state index contributed by atoms with van der Waals surface area (Å²) in [7, 11) is 0. The molecule has 0 aromatic heterocycles. The molecule has 1 heterocycles. The van der Waals surface area contributed by atoms with E-state index in [4.69, 9.17) is 9.47 Å². The molecule has 2 atom stereocenters. The fourth-order valence-electron chi connectivity index (χ4n) is 2.92. The molecule has 1 N–H and O–H groups in total. The Kier molecular flexibility index (Phi) is 3.62. The molecule has 1 aromatic carbocycles. The van der Waals surface area contributed by atoms with Crippen molar-refractivity contribution in [1.82, 2.24) is 0 Å². The molecule has 18 heavy (non-hydrogen) atoms. The van der Waals surface area contributed by atoms with Crippen LogP contribution < -0.4 is 0 Å². The Morgan fingerprint density at radius 1 is 1.22 bits per heavy atom. The SMILES string of the molecule is OC[C@@H]1OC2(CCCC2)OC1c1ccccc1I. The molecular weight excluding hydrogens is 343 g/mol. The Bertz CT molecular complexity index is 429. The van der Waals surface area contributed by atoms with Gasteiger partial charge in [0.15, 0.2) is 5.79 Å². The molecule has 1 aliphatic carbocycles. The van der Waals surface area contributed by atoms with Gasteiger partial charge in [-0.2, -0.15) is 0 Å². The number of hydrogen-bond donors (Lipinski definition) is 1. The van der Waals surface area contributed by atoms with Gasteiger partial charge in [0.1, 0.15) is 12.2 Å². The van der Waals surface area contributed by atoms with Gasteiger partial charge in [-0.1, -0.05) is 18.2 Å². The minimum Gasteiger partial charge on any atom is -0.394 e.